The number of nitrogens with one attached hydrogen (secondary N) is 2. The fourth-order valence-electron chi connectivity index (χ4n) is 3.22. The van der Waals surface area contributed by atoms with Crippen LogP contribution in [0.15, 0.2) is 24.3 Å². The first-order valence-electron chi connectivity index (χ1n) is 9.25. The molecule has 1 fully saturated rings. The first-order valence-corrected chi connectivity index (χ1v) is 9.25. The Morgan fingerprint density at radius 2 is 2.15 bits per heavy atom. The van der Waals surface area contributed by atoms with Crippen LogP contribution in [0.25, 0.3) is 11.0 Å². The summed E-state index contributed by atoms with van der Waals surface area (Å²) in [5.74, 6) is 0.522. The van der Waals surface area contributed by atoms with Crippen molar-refractivity contribution in [2.75, 3.05) is 33.4 Å². The van der Waals surface area contributed by atoms with Crippen molar-refractivity contribution in [3.63, 3.8) is 0 Å². The van der Waals surface area contributed by atoms with E-state index in [1.807, 2.05) is 28.8 Å². The predicted molar refractivity (Wildman–Crippen MR) is 100 cm³/mol. The average Bonchev–Trinajstić information content (AvgIpc) is 3.29. The highest BCUT2D eigenvalue weighted by Crippen LogP contribution is 2.16. The molecule has 2 N–H and O–H groups in total. The number of hydrogen-bond acceptors (Lipinski definition) is 5. The third-order valence-corrected chi connectivity index (χ3v) is 4.53. The molecular formula is C19H26N4O4. The van der Waals surface area contributed by atoms with Gasteiger partial charge in [-0.05, 0) is 25.0 Å². The number of fused-ring (bicyclic) bond motifs is 1. The summed E-state index contributed by atoms with van der Waals surface area (Å²) >= 11 is 0. The van der Waals surface area contributed by atoms with Crippen molar-refractivity contribution in [1.29, 1.82) is 0 Å². The summed E-state index contributed by atoms with van der Waals surface area (Å²) in [6.45, 7) is 1.96. The first-order chi connectivity index (χ1) is 13.2. The molecule has 27 heavy (non-hydrogen) atoms. The third-order valence-electron chi connectivity index (χ3n) is 4.53. The van der Waals surface area contributed by atoms with Crippen molar-refractivity contribution < 1.29 is 19.1 Å². The molecule has 1 unspecified atom stereocenters. The number of rotatable bonds is 9. The Morgan fingerprint density at radius 3 is 2.93 bits per heavy atom. The van der Waals surface area contributed by atoms with Gasteiger partial charge < -0.3 is 24.7 Å². The standard InChI is InChI=1S/C19H26N4O4/c1-26-13-19(25)20-9-8-17-22-15-6-2-3-7-16(15)23(17)12-18(24)21-11-14-5-4-10-27-14/h2-3,6-7,14H,4-5,8-13H2,1H3,(H,20,25)(H,21,24). The van der Waals surface area contributed by atoms with Crippen molar-refractivity contribution in [2.45, 2.75) is 31.9 Å². The van der Waals surface area contributed by atoms with Gasteiger partial charge in [0.05, 0.1) is 17.1 Å². The number of methoxy groups -OCH3 is 1. The van der Waals surface area contributed by atoms with E-state index in [4.69, 9.17) is 9.47 Å². The van der Waals surface area contributed by atoms with Crippen molar-refractivity contribution >= 4 is 22.8 Å². The van der Waals surface area contributed by atoms with Gasteiger partial charge in [0.15, 0.2) is 0 Å². The lowest BCUT2D eigenvalue weighted by Gasteiger charge is -2.13. The number of nitrogens with zero attached hydrogens (tertiary/aromatic N) is 2. The number of benzene rings is 1. The van der Waals surface area contributed by atoms with Gasteiger partial charge in [0.2, 0.25) is 11.8 Å². The molecule has 1 aliphatic rings. The third kappa shape index (κ3) is 5.27. The molecule has 0 saturated carbocycles. The van der Waals surface area contributed by atoms with Gasteiger partial charge in [-0.15, -0.1) is 0 Å². The summed E-state index contributed by atoms with van der Waals surface area (Å²) in [5.41, 5.74) is 1.74. The monoisotopic (exact) mass is 374 g/mol. The van der Waals surface area contributed by atoms with Crippen LogP contribution in [0.5, 0.6) is 0 Å². The lowest BCUT2D eigenvalue weighted by atomic mass is 10.2. The summed E-state index contributed by atoms with van der Waals surface area (Å²) in [4.78, 5) is 28.6. The summed E-state index contributed by atoms with van der Waals surface area (Å²) in [6, 6.07) is 7.71. The number of ether oxygens (including phenoxy) is 2. The van der Waals surface area contributed by atoms with Crippen LogP contribution in [0.3, 0.4) is 0 Å². The van der Waals surface area contributed by atoms with E-state index in [1.165, 1.54) is 7.11 Å². The van der Waals surface area contributed by atoms with E-state index in [9.17, 15) is 9.59 Å². The predicted octanol–water partition coefficient (Wildman–Crippen LogP) is 0.637. The maximum absolute atomic E-state index is 12.4. The van der Waals surface area contributed by atoms with Crippen molar-refractivity contribution in [3.05, 3.63) is 30.1 Å². The van der Waals surface area contributed by atoms with Crippen LogP contribution in [0.1, 0.15) is 18.7 Å². The van der Waals surface area contributed by atoms with Gasteiger partial charge in [0, 0.05) is 33.2 Å². The fraction of sp³-hybridized carbons (Fsp3) is 0.526. The van der Waals surface area contributed by atoms with E-state index in [0.717, 1.165) is 36.3 Å². The van der Waals surface area contributed by atoms with E-state index < -0.39 is 0 Å². The van der Waals surface area contributed by atoms with E-state index in [-0.39, 0.29) is 31.1 Å². The minimum Gasteiger partial charge on any atom is -0.376 e. The summed E-state index contributed by atoms with van der Waals surface area (Å²) in [5, 5.41) is 5.73. The molecule has 3 rings (SSSR count). The highest BCUT2D eigenvalue weighted by molar-refractivity contribution is 5.81. The molecule has 1 aliphatic heterocycles. The van der Waals surface area contributed by atoms with E-state index in [1.54, 1.807) is 0 Å². The smallest absolute Gasteiger partial charge is 0.245 e. The van der Waals surface area contributed by atoms with Gasteiger partial charge in [-0.25, -0.2) is 4.98 Å². The lowest BCUT2D eigenvalue weighted by molar-refractivity contribution is -0.125. The van der Waals surface area contributed by atoms with Crippen molar-refractivity contribution in [3.8, 4) is 0 Å². The zero-order valence-corrected chi connectivity index (χ0v) is 15.6. The lowest BCUT2D eigenvalue weighted by Crippen LogP contribution is -2.34. The Bertz CT molecular complexity index is 783. The topological polar surface area (TPSA) is 94.5 Å². The molecule has 0 bridgehead atoms. The largest absolute Gasteiger partial charge is 0.376 e. The minimum atomic E-state index is -0.172. The number of amides is 2. The molecule has 1 aromatic carbocycles. The molecule has 146 valence electrons. The van der Waals surface area contributed by atoms with Gasteiger partial charge in [-0.1, -0.05) is 12.1 Å². The second-order valence-electron chi connectivity index (χ2n) is 6.57. The van der Waals surface area contributed by atoms with Gasteiger partial charge in [-0.2, -0.15) is 0 Å². The zero-order valence-electron chi connectivity index (χ0n) is 15.6. The fourth-order valence-corrected chi connectivity index (χ4v) is 3.22. The molecule has 2 aromatic rings. The van der Waals surface area contributed by atoms with E-state index in [2.05, 4.69) is 15.6 Å². The normalized spacial score (nSPS) is 16.6. The Balaban J connectivity index is 1.64. The summed E-state index contributed by atoms with van der Waals surface area (Å²) in [6.07, 6.45) is 2.68. The van der Waals surface area contributed by atoms with Gasteiger partial charge in [0.25, 0.3) is 0 Å². The van der Waals surface area contributed by atoms with Crippen LogP contribution in [0, 0.1) is 0 Å². The highest BCUT2D eigenvalue weighted by atomic mass is 16.5. The molecule has 0 spiro atoms. The molecule has 1 saturated heterocycles. The highest BCUT2D eigenvalue weighted by Gasteiger charge is 2.18. The Labute approximate surface area is 158 Å². The molecule has 1 atom stereocenters. The Hall–Kier alpha value is -2.45. The van der Waals surface area contributed by atoms with Crippen LogP contribution < -0.4 is 10.6 Å². The zero-order chi connectivity index (χ0) is 19.1. The van der Waals surface area contributed by atoms with E-state index >= 15 is 0 Å². The number of carbonyl (C=O) groups excluding carboxylic acids is 2. The minimum absolute atomic E-state index is 0.0298. The molecule has 1 aromatic heterocycles. The average molecular weight is 374 g/mol. The first kappa shape index (κ1) is 19.3. The molecule has 2 amide bonds. The van der Waals surface area contributed by atoms with E-state index in [0.29, 0.717) is 19.5 Å². The molecule has 2 heterocycles. The molecule has 8 nitrogen and oxygen atoms in total. The Morgan fingerprint density at radius 1 is 1.30 bits per heavy atom. The van der Waals surface area contributed by atoms with Crippen LogP contribution in [0.4, 0.5) is 0 Å². The molecular weight excluding hydrogens is 348 g/mol. The number of hydrogen-bond donors (Lipinski definition) is 2. The van der Waals surface area contributed by atoms with Crippen molar-refractivity contribution in [1.82, 2.24) is 20.2 Å². The van der Waals surface area contributed by atoms with Crippen LogP contribution in [-0.4, -0.2) is 60.9 Å². The van der Waals surface area contributed by atoms with Gasteiger partial charge >= 0.3 is 0 Å². The number of aromatic nitrogens is 2. The molecule has 0 aliphatic carbocycles. The number of carbonyl (C=O) groups is 2. The van der Waals surface area contributed by atoms with Gasteiger partial charge in [-0.3, -0.25) is 9.59 Å². The SMILES string of the molecule is COCC(=O)NCCc1nc2ccccc2n1CC(=O)NCC1CCCO1. The molecule has 8 heteroatoms. The second kappa shape index (κ2) is 9.48. The van der Waals surface area contributed by atoms with Crippen LogP contribution >= 0.6 is 0 Å². The summed E-state index contributed by atoms with van der Waals surface area (Å²) in [7, 11) is 1.48. The van der Waals surface area contributed by atoms with Gasteiger partial charge in [0.1, 0.15) is 19.0 Å². The number of para-hydroxylation sites is 2. The molecule has 0 radical (unpaired) electrons. The van der Waals surface area contributed by atoms with Crippen molar-refractivity contribution in [2.24, 2.45) is 0 Å². The maximum atomic E-state index is 12.4. The van der Waals surface area contributed by atoms with Crippen LogP contribution in [-0.2, 0) is 32.0 Å². The van der Waals surface area contributed by atoms with Crippen LogP contribution in [0.2, 0.25) is 0 Å². The summed E-state index contributed by atoms with van der Waals surface area (Å²) < 4.78 is 12.3. The maximum Gasteiger partial charge on any atom is 0.245 e. The quantitative estimate of drug-likeness (QED) is 0.672. The number of imidazole rings is 1. The Kier molecular flexibility index (Phi) is 6.78. The second-order valence-corrected chi connectivity index (χ2v) is 6.57.